The molecule has 1 saturated heterocycles. The number of rotatable bonds is 4. The fourth-order valence-electron chi connectivity index (χ4n) is 2.12. The molecular weight excluding hydrogens is 282 g/mol. The maximum absolute atomic E-state index is 12.1. The van der Waals surface area contributed by atoms with E-state index in [1.807, 2.05) is 0 Å². The van der Waals surface area contributed by atoms with Crippen LogP contribution in [0.15, 0.2) is 18.2 Å². The fourth-order valence-corrected chi connectivity index (χ4v) is 3.79. The Hall–Kier alpha value is -1.76. The third-order valence-electron chi connectivity index (χ3n) is 3.18. The monoisotopic (exact) mass is 299 g/mol. The Kier molecular flexibility index (Phi) is 4.17. The SMILES string of the molecule is COc1cc(OC)cc(C(=O)N[C@@H]2CCS(=O)(=O)C2)c1. The molecule has 1 aromatic rings. The second-order valence-electron chi connectivity index (χ2n) is 4.67. The summed E-state index contributed by atoms with van der Waals surface area (Å²) in [6.07, 6.45) is 0.454. The minimum atomic E-state index is -3.01. The maximum Gasteiger partial charge on any atom is 0.251 e. The van der Waals surface area contributed by atoms with E-state index < -0.39 is 9.84 Å². The van der Waals surface area contributed by atoms with Gasteiger partial charge in [0.15, 0.2) is 9.84 Å². The van der Waals surface area contributed by atoms with E-state index in [4.69, 9.17) is 9.47 Å². The van der Waals surface area contributed by atoms with Crippen molar-refractivity contribution in [2.75, 3.05) is 25.7 Å². The van der Waals surface area contributed by atoms with Gasteiger partial charge in [-0.3, -0.25) is 4.79 Å². The number of carbonyl (C=O) groups is 1. The third-order valence-corrected chi connectivity index (χ3v) is 4.95. The van der Waals surface area contributed by atoms with Gasteiger partial charge in [0.25, 0.3) is 5.91 Å². The summed E-state index contributed by atoms with van der Waals surface area (Å²) in [7, 11) is -0.0130. The number of benzene rings is 1. The van der Waals surface area contributed by atoms with Crippen LogP contribution in [0.1, 0.15) is 16.8 Å². The molecule has 1 aliphatic rings. The highest BCUT2D eigenvalue weighted by atomic mass is 32.2. The number of hydrogen-bond donors (Lipinski definition) is 1. The molecule has 0 spiro atoms. The summed E-state index contributed by atoms with van der Waals surface area (Å²) in [4.78, 5) is 12.1. The van der Waals surface area contributed by atoms with E-state index >= 15 is 0 Å². The lowest BCUT2D eigenvalue weighted by Crippen LogP contribution is -2.35. The van der Waals surface area contributed by atoms with Gasteiger partial charge < -0.3 is 14.8 Å². The van der Waals surface area contributed by atoms with Gasteiger partial charge >= 0.3 is 0 Å². The standard InChI is InChI=1S/C13H17NO5S/c1-18-11-5-9(6-12(7-11)19-2)13(15)14-10-3-4-20(16,17)8-10/h5-7,10H,3-4,8H2,1-2H3,(H,14,15)/t10-/m1/s1. The number of methoxy groups -OCH3 is 2. The van der Waals surface area contributed by atoms with Crippen LogP contribution in [0.3, 0.4) is 0 Å². The van der Waals surface area contributed by atoms with Gasteiger partial charge in [-0.2, -0.15) is 0 Å². The lowest BCUT2D eigenvalue weighted by Gasteiger charge is -2.12. The average molecular weight is 299 g/mol. The summed E-state index contributed by atoms with van der Waals surface area (Å²) in [5.41, 5.74) is 0.380. The summed E-state index contributed by atoms with van der Waals surface area (Å²) in [6.45, 7) is 0. The van der Waals surface area contributed by atoms with Gasteiger partial charge in [0.2, 0.25) is 0 Å². The first-order chi connectivity index (χ1) is 9.43. The van der Waals surface area contributed by atoms with Gasteiger partial charge in [-0.25, -0.2) is 8.42 Å². The quantitative estimate of drug-likeness (QED) is 0.881. The van der Waals surface area contributed by atoms with Crippen LogP contribution in [0.4, 0.5) is 0 Å². The van der Waals surface area contributed by atoms with Gasteiger partial charge in [-0.15, -0.1) is 0 Å². The topological polar surface area (TPSA) is 81.7 Å². The van der Waals surface area contributed by atoms with Crippen molar-refractivity contribution in [1.82, 2.24) is 5.32 Å². The van der Waals surface area contributed by atoms with Crippen LogP contribution in [0.25, 0.3) is 0 Å². The molecule has 0 unspecified atom stereocenters. The van der Waals surface area contributed by atoms with Gasteiger partial charge in [0, 0.05) is 17.7 Å². The zero-order valence-electron chi connectivity index (χ0n) is 11.4. The van der Waals surface area contributed by atoms with Crippen molar-refractivity contribution in [2.45, 2.75) is 12.5 Å². The van der Waals surface area contributed by atoms with Crippen LogP contribution in [0, 0.1) is 0 Å². The van der Waals surface area contributed by atoms with Crippen molar-refractivity contribution in [1.29, 1.82) is 0 Å². The third kappa shape index (κ3) is 3.41. The van der Waals surface area contributed by atoms with Crippen molar-refractivity contribution >= 4 is 15.7 Å². The van der Waals surface area contributed by atoms with Crippen LogP contribution >= 0.6 is 0 Å². The molecule has 1 aliphatic heterocycles. The molecule has 20 heavy (non-hydrogen) atoms. The minimum Gasteiger partial charge on any atom is -0.497 e. The summed E-state index contributed by atoms with van der Waals surface area (Å²) >= 11 is 0. The number of amides is 1. The largest absolute Gasteiger partial charge is 0.497 e. The van der Waals surface area contributed by atoms with Crippen LogP contribution in [-0.4, -0.2) is 46.1 Å². The smallest absolute Gasteiger partial charge is 0.251 e. The zero-order valence-corrected chi connectivity index (χ0v) is 12.2. The second-order valence-corrected chi connectivity index (χ2v) is 6.90. The first-order valence-corrected chi connectivity index (χ1v) is 8.00. The number of ether oxygens (including phenoxy) is 2. The Morgan fingerprint density at radius 1 is 1.20 bits per heavy atom. The Labute approximate surface area is 118 Å². The normalized spacial score (nSPS) is 20.4. The molecule has 2 rings (SSSR count). The van der Waals surface area contributed by atoms with Crippen LogP contribution in [-0.2, 0) is 9.84 Å². The summed E-state index contributed by atoms with van der Waals surface area (Å²) < 4.78 is 32.9. The summed E-state index contributed by atoms with van der Waals surface area (Å²) in [5.74, 6) is 0.811. The molecule has 1 amide bonds. The van der Waals surface area contributed by atoms with Crippen molar-refractivity contribution in [3.05, 3.63) is 23.8 Å². The molecule has 1 N–H and O–H groups in total. The molecule has 0 bridgehead atoms. The molecule has 1 atom stereocenters. The van der Waals surface area contributed by atoms with E-state index in [9.17, 15) is 13.2 Å². The van der Waals surface area contributed by atoms with Gasteiger partial charge in [-0.05, 0) is 18.6 Å². The first-order valence-electron chi connectivity index (χ1n) is 6.18. The summed E-state index contributed by atoms with van der Waals surface area (Å²) in [6, 6.07) is 4.50. The molecule has 1 heterocycles. The highest BCUT2D eigenvalue weighted by Crippen LogP contribution is 2.23. The molecular formula is C13H17NO5S. The molecule has 0 aliphatic carbocycles. The van der Waals surface area contributed by atoms with Gasteiger partial charge in [0.1, 0.15) is 11.5 Å². The number of sulfone groups is 1. The lowest BCUT2D eigenvalue weighted by atomic mass is 10.1. The Balaban J connectivity index is 2.13. The van der Waals surface area contributed by atoms with E-state index in [1.54, 1.807) is 18.2 Å². The van der Waals surface area contributed by atoms with E-state index in [1.165, 1.54) is 14.2 Å². The average Bonchev–Trinajstić information content (AvgIpc) is 2.77. The van der Waals surface area contributed by atoms with Crippen LogP contribution in [0.2, 0.25) is 0 Å². The van der Waals surface area contributed by atoms with E-state index in [0.29, 0.717) is 23.5 Å². The second kappa shape index (κ2) is 5.70. The maximum atomic E-state index is 12.1. The molecule has 1 aromatic carbocycles. The number of hydrogen-bond acceptors (Lipinski definition) is 5. The van der Waals surface area contributed by atoms with Crippen molar-refractivity contribution in [3.8, 4) is 11.5 Å². The molecule has 6 nitrogen and oxygen atoms in total. The van der Waals surface area contributed by atoms with Crippen molar-refractivity contribution < 1.29 is 22.7 Å². The Bertz CT molecular complexity index is 589. The van der Waals surface area contributed by atoms with E-state index in [-0.39, 0.29) is 23.5 Å². The van der Waals surface area contributed by atoms with E-state index in [0.717, 1.165) is 0 Å². The number of nitrogens with one attached hydrogen (secondary N) is 1. The molecule has 0 saturated carbocycles. The number of carbonyl (C=O) groups excluding carboxylic acids is 1. The van der Waals surface area contributed by atoms with Crippen molar-refractivity contribution in [3.63, 3.8) is 0 Å². The molecule has 110 valence electrons. The van der Waals surface area contributed by atoms with Gasteiger partial charge in [0.05, 0.1) is 25.7 Å². The van der Waals surface area contributed by atoms with Crippen molar-refractivity contribution in [2.24, 2.45) is 0 Å². The molecule has 7 heteroatoms. The van der Waals surface area contributed by atoms with Crippen LogP contribution < -0.4 is 14.8 Å². The predicted octanol–water partition coefficient (Wildman–Crippen LogP) is 0.621. The first kappa shape index (κ1) is 14.6. The Morgan fingerprint density at radius 3 is 2.25 bits per heavy atom. The predicted molar refractivity (Wildman–Crippen MR) is 74.1 cm³/mol. The van der Waals surface area contributed by atoms with E-state index in [2.05, 4.69) is 5.32 Å². The van der Waals surface area contributed by atoms with Crippen LogP contribution in [0.5, 0.6) is 11.5 Å². The minimum absolute atomic E-state index is 0.000155. The molecule has 0 radical (unpaired) electrons. The fraction of sp³-hybridized carbons (Fsp3) is 0.462. The zero-order chi connectivity index (χ0) is 14.8. The highest BCUT2D eigenvalue weighted by Gasteiger charge is 2.29. The lowest BCUT2D eigenvalue weighted by molar-refractivity contribution is 0.0940. The summed E-state index contributed by atoms with van der Waals surface area (Å²) in [5, 5.41) is 2.72. The van der Waals surface area contributed by atoms with Gasteiger partial charge in [-0.1, -0.05) is 0 Å². The molecule has 0 aromatic heterocycles. The Morgan fingerprint density at radius 2 is 1.80 bits per heavy atom. The molecule has 1 fully saturated rings. The highest BCUT2D eigenvalue weighted by molar-refractivity contribution is 7.91.